The van der Waals surface area contributed by atoms with Crippen LogP contribution in [0.15, 0.2) is 29.6 Å². The molecule has 1 aromatic heterocycles. The van der Waals surface area contributed by atoms with Crippen LogP contribution in [0.4, 0.5) is 0 Å². The van der Waals surface area contributed by atoms with Crippen molar-refractivity contribution in [3.8, 4) is 0 Å². The summed E-state index contributed by atoms with van der Waals surface area (Å²) in [6.45, 7) is 2.24. The molecule has 0 amide bonds. The summed E-state index contributed by atoms with van der Waals surface area (Å²) < 4.78 is 4.96. The van der Waals surface area contributed by atoms with E-state index < -0.39 is 0 Å². The Morgan fingerprint density at radius 3 is 3.15 bits per heavy atom. The van der Waals surface area contributed by atoms with Crippen molar-refractivity contribution in [2.45, 2.75) is 32.1 Å². The van der Waals surface area contributed by atoms with Crippen molar-refractivity contribution in [2.24, 2.45) is 0 Å². The zero-order valence-electron chi connectivity index (χ0n) is 11.5. The molecular weight excluding hydrogens is 270 g/mol. The van der Waals surface area contributed by atoms with Crippen molar-refractivity contribution < 1.29 is 9.53 Å². The number of aromatic nitrogens is 1. The Morgan fingerprint density at radius 1 is 1.45 bits per heavy atom. The SMILES string of the molecule is CCOC(=O)Cc1csc(C2CCc3ccccc32)n1. The van der Waals surface area contributed by atoms with Gasteiger partial charge in [-0.3, -0.25) is 4.79 Å². The molecule has 1 aromatic carbocycles. The van der Waals surface area contributed by atoms with E-state index in [-0.39, 0.29) is 12.4 Å². The fourth-order valence-corrected chi connectivity index (χ4v) is 3.71. The monoisotopic (exact) mass is 287 g/mol. The van der Waals surface area contributed by atoms with Crippen molar-refractivity contribution in [1.82, 2.24) is 4.98 Å². The minimum absolute atomic E-state index is 0.198. The highest BCUT2D eigenvalue weighted by molar-refractivity contribution is 7.09. The van der Waals surface area contributed by atoms with Crippen LogP contribution in [-0.2, 0) is 22.4 Å². The van der Waals surface area contributed by atoms with E-state index in [1.54, 1.807) is 11.3 Å². The standard InChI is InChI=1S/C16H17NO2S/c1-2-19-15(18)9-12-10-20-16(17-12)14-8-7-11-5-3-4-6-13(11)14/h3-6,10,14H,2,7-9H2,1H3. The first-order valence-corrected chi connectivity index (χ1v) is 7.83. The predicted octanol–water partition coefficient (Wildman–Crippen LogP) is 3.33. The molecule has 0 aliphatic heterocycles. The summed E-state index contributed by atoms with van der Waals surface area (Å²) in [6.07, 6.45) is 2.51. The van der Waals surface area contributed by atoms with E-state index in [1.165, 1.54) is 11.1 Å². The van der Waals surface area contributed by atoms with Crippen LogP contribution in [0.3, 0.4) is 0 Å². The van der Waals surface area contributed by atoms with Gasteiger partial charge in [0.15, 0.2) is 0 Å². The van der Waals surface area contributed by atoms with Gasteiger partial charge in [0.25, 0.3) is 0 Å². The molecule has 0 spiro atoms. The molecule has 3 rings (SSSR count). The smallest absolute Gasteiger partial charge is 0.311 e. The van der Waals surface area contributed by atoms with Crippen molar-refractivity contribution in [1.29, 1.82) is 0 Å². The van der Waals surface area contributed by atoms with E-state index in [4.69, 9.17) is 4.74 Å². The number of hydrogen-bond donors (Lipinski definition) is 0. The van der Waals surface area contributed by atoms with Crippen molar-refractivity contribution in [2.75, 3.05) is 6.61 Å². The van der Waals surface area contributed by atoms with E-state index >= 15 is 0 Å². The number of hydrogen-bond acceptors (Lipinski definition) is 4. The maximum atomic E-state index is 11.5. The maximum absolute atomic E-state index is 11.5. The lowest BCUT2D eigenvalue weighted by molar-refractivity contribution is -0.142. The number of esters is 1. The Morgan fingerprint density at radius 2 is 2.30 bits per heavy atom. The number of fused-ring (bicyclic) bond motifs is 1. The molecule has 0 fully saturated rings. The van der Waals surface area contributed by atoms with Gasteiger partial charge in [-0.25, -0.2) is 4.98 Å². The van der Waals surface area contributed by atoms with Crippen molar-refractivity contribution in [3.63, 3.8) is 0 Å². The van der Waals surface area contributed by atoms with Gasteiger partial charge in [0.1, 0.15) is 5.01 Å². The lowest BCUT2D eigenvalue weighted by atomic mass is 10.0. The zero-order chi connectivity index (χ0) is 13.9. The first kappa shape index (κ1) is 13.3. The number of carbonyl (C=O) groups is 1. The molecule has 1 unspecified atom stereocenters. The van der Waals surface area contributed by atoms with Crippen LogP contribution < -0.4 is 0 Å². The average molecular weight is 287 g/mol. The molecule has 0 bridgehead atoms. The Labute approximate surface area is 122 Å². The van der Waals surface area contributed by atoms with E-state index in [0.717, 1.165) is 23.5 Å². The van der Waals surface area contributed by atoms with E-state index in [9.17, 15) is 4.79 Å². The number of carbonyl (C=O) groups excluding carboxylic acids is 1. The average Bonchev–Trinajstić information content (AvgIpc) is 3.05. The minimum atomic E-state index is -0.198. The number of benzene rings is 1. The normalized spacial score (nSPS) is 16.9. The highest BCUT2D eigenvalue weighted by Gasteiger charge is 2.26. The van der Waals surface area contributed by atoms with Crippen LogP contribution in [0.2, 0.25) is 0 Å². The van der Waals surface area contributed by atoms with E-state index in [2.05, 4.69) is 29.2 Å². The van der Waals surface area contributed by atoms with Gasteiger partial charge in [-0.1, -0.05) is 24.3 Å². The highest BCUT2D eigenvalue weighted by Crippen LogP contribution is 2.39. The molecule has 1 heterocycles. The van der Waals surface area contributed by atoms with Crippen LogP contribution in [0.25, 0.3) is 0 Å². The van der Waals surface area contributed by atoms with Gasteiger partial charge in [0.2, 0.25) is 0 Å². The molecule has 2 aromatic rings. The lowest BCUT2D eigenvalue weighted by Crippen LogP contribution is -2.08. The Hall–Kier alpha value is -1.68. The summed E-state index contributed by atoms with van der Waals surface area (Å²) in [4.78, 5) is 16.1. The summed E-state index contributed by atoms with van der Waals surface area (Å²) >= 11 is 1.65. The van der Waals surface area contributed by atoms with Crippen LogP contribution in [0, 0.1) is 0 Å². The topological polar surface area (TPSA) is 39.2 Å². The first-order valence-electron chi connectivity index (χ1n) is 6.95. The summed E-state index contributed by atoms with van der Waals surface area (Å²) in [7, 11) is 0. The fourth-order valence-electron chi connectivity index (χ4n) is 2.74. The van der Waals surface area contributed by atoms with Gasteiger partial charge in [0.05, 0.1) is 18.7 Å². The number of thiazole rings is 1. The molecule has 0 saturated carbocycles. The Kier molecular flexibility index (Phi) is 3.83. The molecular formula is C16H17NO2S. The molecule has 4 heteroatoms. The minimum Gasteiger partial charge on any atom is -0.466 e. The van der Waals surface area contributed by atoms with Crippen LogP contribution in [-0.4, -0.2) is 17.6 Å². The van der Waals surface area contributed by atoms with Crippen molar-refractivity contribution >= 4 is 17.3 Å². The molecule has 1 aliphatic rings. The third-order valence-corrected chi connectivity index (χ3v) is 4.64. The van der Waals surface area contributed by atoms with Gasteiger partial charge < -0.3 is 4.74 Å². The zero-order valence-corrected chi connectivity index (χ0v) is 12.3. The fraction of sp³-hybridized carbons (Fsp3) is 0.375. The van der Waals surface area contributed by atoms with Gasteiger partial charge in [-0.2, -0.15) is 0 Å². The number of aryl methyl sites for hydroxylation is 1. The molecule has 1 atom stereocenters. The molecule has 0 saturated heterocycles. The van der Waals surface area contributed by atoms with Gasteiger partial charge in [-0.05, 0) is 30.9 Å². The largest absolute Gasteiger partial charge is 0.466 e. The third kappa shape index (κ3) is 2.61. The lowest BCUT2D eigenvalue weighted by Gasteiger charge is -2.07. The Balaban J connectivity index is 1.76. The number of rotatable bonds is 4. The molecule has 3 nitrogen and oxygen atoms in total. The predicted molar refractivity (Wildman–Crippen MR) is 79.1 cm³/mol. The maximum Gasteiger partial charge on any atom is 0.311 e. The second-order valence-corrected chi connectivity index (χ2v) is 5.84. The quantitative estimate of drug-likeness (QED) is 0.810. The summed E-state index contributed by atoms with van der Waals surface area (Å²) in [5.74, 6) is 0.198. The van der Waals surface area contributed by atoms with E-state index in [0.29, 0.717) is 12.5 Å². The molecule has 20 heavy (non-hydrogen) atoms. The molecule has 1 aliphatic carbocycles. The highest BCUT2D eigenvalue weighted by atomic mass is 32.1. The third-order valence-electron chi connectivity index (χ3n) is 3.63. The summed E-state index contributed by atoms with van der Waals surface area (Å²) in [5, 5.41) is 3.10. The van der Waals surface area contributed by atoms with Crippen molar-refractivity contribution in [3.05, 3.63) is 51.5 Å². The van der Waals surface area contributed by atoms with E-state index in [1.807, 2.05) is 12.3 Å². The number of nitrogens with zero attached hydrogens (tertiary/aromatic N) is 1. The summed E-state index contributed by atoms with van der Waals surface area (Å²) in [5.41, 5.74) is 3.65. The molecule has 104 valence electrons. The van der Waals surface area contributed by atoms with Crippen LogP contribution in [0.1, 0.15) is 41.1 Å². The second-order valence-electron chi connectivity index (χ2n) is 4.95. The van der Waals surface area contributed by atoms with Gasteiger partial charge in [0, 0.05) is 11.3 Å². The van der Waals surface area contributed by atoms with Gasteiger partial charge in [-0.15, -0.1) is 11.3 Å². The molecule has 0 N–H and O–H groups in total. The molecule has 0 radical (unpaired) electrons. The Bertz CT molecular complexity index is 620. The second kappa shape index (κ2) is 5.75. The van der Waals surface area contributed by atoms with Crippen LogP contribution >= 0.6 is 11.3 Å². The van der Waals surface area contributed by atoms with Crippen LogP contribution in [0.5, 0.6) is 0 Å². The number of ether oxygens (including phenoxy) is 1. The van der Waals surface area contributed by atoms with Gasteiger partial charge >= 0.3 is 5.97 Å². The first-order chi connectivity index (χ1) is 9.78. The summed E-state index contributed by atoms with van der Waals surface area (Å²) in [6, 6.07) is 8.57.